The van der Waals surface area contributed by atoms with Crippen molar-refractivity contribution in [2.24, 2.45) is 5.73 Å². The highest BCUT2D eigenvalue weighted by atomic mass is 16.5. The molecule has 1 aromatic carbocycles. The van der Waals surface area contributed by atoms with Crippen molar-refractivity contribution in [2.75, 3.05) is 13.7 Å². The Hall–Kier alpha value is -1.02. The van der Waals surface area contributed by atoms with Crippen LogP contribution in [0.25, 0.3) is 0 Å². The van der Waals surface area contributed by atoms with Crippen molar-refractivity contribution in [1.29, 1.82) is 0 Å². The molecule has 0 radical (unpaired) electrons. The summed E-state index contributed by atoms with van der Waals surface area (Å²) >= 11 is 0. The lowest BCUT2D eigenvalue weighted by Gasteiger charge is -2.12. The second-order valence-corrected chi connectivity index (χ2v) is 4.47. The predicted molar refractivity (Wildman–Crippen MR) is 69.1 cm³/mol. The third-order valence-corrected chi connectivity index (χ3v) is 2.87. The molecule has 1 aromatic rings. The van der Waals surface area contributed by atoms with Gasteiger partial charge >= 0.3 is 0 Å². The van der Waals surface area contributed by atoms with Crippen molar-refractivity contribution in [2.45, 2.75) is 39.0 Å². The van der Waals surface area contributed by atoms with Gasteiger partial charge in [0.15, 0.2) is 0 Å². The van der Waals surface area contributed by atoms with Crippen LogP contribution in [-0.2, 0) is 6.42 Å². The molecule has 0 amide bonds. The number of hydrogen-bond donors (Lipinski definition) is 1. The molecule has 0 heterocycles. The van der Waals surface area contributed by atoms with Gasteiger partial charge in [0.2, 0.25) is 0 Å². The van der Waals surface area contributed by atoms with Crippen LogP contribution in [0.1, 0.15) is 43.7 Å². The summed E-state index contributed by atoms with van der Waals surface area (Å²) in [7, 11) is 1.73. The summed E-state index contributed by atoms with van der Waals surface area (Å²) in [6, 6.07) is 6.49. The molecule has 2 N–H and O–H groups in total. The molecule has 0 fully saturated rings. The first kappa shape index (κ1) is 13.0. The van der Waals surface area contributed by atoms with Gasteiger partial charge in [-0.15, -0.1) is 0 Å². The van der Waals surface area contributed by atoms with E-state index in [4.69, 9.17) is 10.5 Å². The van der Waals surface area contributed by atoms with Crippen LogP contribution < -0.4 is 10.5 Å². The molecule has 0 bridgehead atoms. The lowest BCUT2D eigenvalue weighted by molar-refractivity contribution is 0.408. The highest BCUT2D eigenvalue weighted by Crippen LogP contribution is 2.25. The topological polar surface area (TPSA) is 35.2 Å². The van der Waals surface area contributed by atoms with Gasteiger partial charge in [-0.25, -0.2) is 0 Å². The van der Waals surface area contributed by atoms with Gasteiger partial charge in [-0.1, -0.05) is 26.0 Å². The van der Waals surface area contributed by atoms with Crippen molar-refractivity contribution >= 4 is 0 Å². The number of ether oxygens (including phenoxy) is 1. The van der Waals surface area contributed by atoms with Crippen LogP contribution in [0, 0.1) is 0 Å². The van der Waals surface area contributed by atoms with Crippen LogP contribution >= 0.6 is 0 Å². The van der Waals surface area contributed by atoms with Gasteiger partial charge in [0.1, 0.15) is 5.75 Å². The summed E-state index contributed by atoms with van der Waals surface area (Å²) in [5.74, 6) is 1.57. The molecule has 0 aliphatic heterocycles. The van der Waals surface area contributed by atoms with Crippen LogP contribution in [0.2, 0.25) is 0 Å². The third-order valence-electron chi connectivity index (χ3n) is 2.87. The fourth-order valence-corrected chi connectivity index (χ4v) is 1.81. The largest absolute Gasteiger partial charge is 0.496 e. The van der Waals surface area contributed by atoms with Crippen LogP contribution in [0.4, 0.5) is 0 Å². The normalized spacial score (nSPS) is 10.8. The van der Waals surface area contributed by atoms with E-state index in [9.17, 15) is 0 Å². The van der Waals surface area contributed by atoms with E-state index < -0.39 is 0 Å². The van der Waals surface area contributed by atoms with E-state index in [0.29, 0.717) is 5.92 Å². The van der Waals surface area contributed by atoms with Crippen molar-refractivity contribution in [3.63, 3.8) is 0 Å². The number of hydrogen-bond acceptors (Lipinski definition) is 2. The van der Waals surface area contributed by atoms with Gasteiger partial charge in [0, 0.05) is 0 Å². The van der Waals surface area contributed by atoms with Gasteiger partial charge in [0.05, 0.1) is 7.11 Å². The molecule has 0 saturated heterocycles. The number of aryl methyl sites for hydroxylation is 1. The van der Waals surface area contributed by atoms with E-state index >= 15 is 0 Å². The van der Waals surface area contributed by atoms with E-state index in [1.165, 1.54) is 11.1 Å². The fourth-order valence-electron chi connectivity index (χ4n) is 1.81. The predicted octanol–water partition coefficient (Wildman–Crippen LogP) is 3.10. The highest BCUT2D eigenvalue weighted by Gasteiger charge is 2.06. The van der Waals surface area contributed by atoms with Gasteiger partial charge in [-0.05, 0) is 48.9 Å². The second kappa shape index (κ2) is 6.54. The van der Waals surface area contributed by atoms with Crippen LogP contribution in [-0.4, -0.2) is 13.7 Å². The third kappa shape index (κ3) is 3.53. The number of unbranched alkanes of at least 4 members (excludes halogenated alkanes) is 1. The molecule has 16 heavy (non-hydrogen) atoms. The zero-order valence-electron chi connectivity index (χ0n) is 10.6. The minimum Gasteiger partial charge on any atom is -0.496 e. The van der Waals surface area contributed by atoms with E-state index in [1.807, 2.05) is 0 Å². The van der Waals surface area contributed by atoms with Crippen LogP contribution in [0.15, 0.2) is 18.2 Å². The van der Waals surface area contributed by atoms with Crippen molar-refractivity contribution < 1.29 is 4.74 Å². The first-order valence-electron chi connectivity index (χ1n) is 6.06. The summed E-state index contributed by atoms with van der Waals surface area (Å²) < 4.78 is 5.38. The van der Waals surface area contributed by atoms with Gasteiger partial charge in [0.25, 0.3) is 0 Å². The molecule has 0 spiro atoms. The van der Waals surface area contributed by atoms with Gasteiger partial charge < -0.3 is 10.5 Å². The lowest BCUT2D eigenvalue weighted by atomic mass is 9.98. The maximum atomic E-state index is 5.51. The average molecular weight is 221 g/mol. The monoisotopic (exact) mass is 221 g/mol. The molecule has 0 atom stereocenters. The maximum Gasteiger partial charge on any atom is 0.122 e. The molecular formula is C14H23NO. The molecule has 1 rings (SSSR count). The standard InChI is InChI=1S/C14H23NO/c1-11(2)12-7-8-14(16-3)13(10-12)6-4-5-9-15/h7-8,10-11H,4-6,9,15H2,1-3H3. The molecular weight excluding hydrogens is 198 g/mol. The van der Waals surface area contributed by atoms with Crippen LogP contribution in [0.5, 0.6) is 5.75 Å². The van der Waals surface area contributed by atoms with E-state index in [-0.39, 0.29) is 0 Å². The number of nitrogens with two attached hydrogens (primary N) is 1. The van der Waals surface area contributed by atoms with Crippen LogP contribution in [0.3, 0.4) is 0 Å². The van der Waals surface area contributed by atoms with Gasteiger partial charge in [-0.3, -0.25) is 0 Å². The minimum absolute atomic E-state index is 0.569. The lowest BCUT2D eigenvalue weighted by Crippen LogP contribution is -2.00. The average Bonchev–Trinajstić information content (AvgIpc) is 2.29. The van der Waals surface area contributed by atoms with E-state index in [2.05, 4.69) is 32.0 Å². The number of benzene rings is 1. The Labute approximate surface area is 98.8 Å². The first-order chi connectivity index (χ1) is 7.69. The Balaban J connectivity index is 2.80. The molecule has 0 unspecified atom stereocenters. The quantitative estimate of drug-likeness (QED) is 0.749. The summed E-state index contributed by atoms with van der Waals surface area (Å²) in [5.41, 5.74) is 8.20. The zero-order valence-corrected chi connectivity index (χ0v) is 10.6. The van der Waals surface area contributed by atoms with Crippen molar-refractivity contribution in [3.8, 4) is 5.75 Å². The highest BCUT2D eigenvalue weighted by molar-refractivity contribution is 5.38. The summed E-state index contributed by atoms with van der Waals surface area (Å²) in [6.45, 7) is 5.20. The Morgan fingerprint density at radius 2 is 2.00 bits per heavy atom. The number of rotatable bonds is 6. The summed E-state index contributed by atoms with van der Waals surface area (Å²) in [5, 5.41) is 0. The Bertz CT molecular complexity index is 321. The molecule has 2 heteroatoms. The maximum absolute atomic E-state index is 5.51. The summed E-state index contributed by atoms with van der Waals surface area (Å²) in [6.07, 6.45) is 3.27. The fraction of sp³-hybridized carbons (Fsp3) is 0.571. The van der Waals surface area contributed by atoms with E-state index in [0.717, 1.165) is 31.6 Å². The minimum atomic E-state index is 0.569. The van der Waals surface area contributed by atoms with Crippen molar-refractivity contribution in [3.05, 3.63) is 29.3 Å². The molecule has 0 saturated carbocycles. The molecule has 90 valence electrons. The molecule has 2 nitrogen and oxygen atoms in total. The SMILES string of the molecule is COc1ccc(C(C)C)cc1CCCCN. The van der Waals surface area contributed by atoms with Crippen molar-refractivity contribution in [1.82, 2.24) is 0 Å². The Morgan fingerprint density at radius 1 is 1.25 bits per heavy atom. The first-order valence-corrected chi connectivity index (χ1v) is 6.06. The Kier molecular flexibility index (Phi) is 5.33. The van der Waals surface area contributed by atoms with Gasteiger partial charge in [-0.2, -0.15) is 0 Å². The second-order valence-electron chi connectivity index (χ2n) is 4.47. The number of methoxy groups -OCH3 is 1. The molecule has 0 aliphatic rings. The zero-order chi connectivity index (χ0) is 12.0. The molecule has 0 aliphatic carbocycles. The summed E-state index contributed by atoms with van der Waals surface area (Å²) in [4.78, 5) is 0. The Morgan fingerprint density at radius 3 is 2.56 bits per heavy atom. The van der Waals surface area contributed by atoms with E-state index in [1.54, 1.807) is 7.11 Å². The molecule has 0 aromatic heterocycles. The smallest absolute Gasteiger partial charge is 0.122 e.